The third kappa shape index (κ3) is 4.58. The molecule has 1 amide bonds. The summed E-state index contributed by atoms with van der Waals surface area (Å²) < 4.78 is 10.7. The van der Waals surface area contributed by atoms with Crippen LogP contribution >= 0.6 is 22.9 Å². The molecule has 0 spiro atoms. The van der Waals surface area contributed by atoms with Crippen LogP contribution in [0.3, 0.4) is 0 Å². The van der Waals surface area contributed by atoms with Crippen LogP contribution in [0.4, 0.5) is 0 Å². The van der Waals surface area contributed by atoms with Crippen molar-refractivity contribution in [3.05, 3.63) is 70.2 Å². The van der Waals surface area contributed by atoms with Crippen molar-refractivity contribution < 1.29 is 19.1 Å². The summed E-state index contributed by atoms with van der Waals surface area (Å²) in [6.07, 6.45) is 0.660. The Kier molecular flexibility index (Phi) is 5.78. The number of amides is 1. The Morgan fingerprint density at radius 1 is 1.21 bits per heavy atom. The van der Waals surface area contributed by atoms with E-state index in [9.17, 15) is 9.59 Å². The molecule has 1 aliphatic heterocycles. The zero-order valence-corrected chi connectivity index (χ0v) is 16.8. The van der Waals surface area contributed by atoms with E-state index >= 15 is 0 Å². The normalized spacial score (nSPS) is 15.1. The molecule has 0 bridgehead atoms. The lowest BCUT2D eigenvalue weighted by atomic mass is 10.0. The fraction of sp³-hybridized carbons (Fsp3) is 0.190. The number of benzene rings is 2. The van der Waals surface area contributed by atoms with Gasteiger partial charge in [-0.2, -0.15) is 0 Å². The van der Waals surface area contributed by atoms with Gasteiger partial charge in [-0.1, -0.05) is 41.9 Å². The fourth-order valence-electron chi connectivity index (χ4n) is 3.03. The topological polar surface area (TPSA) is 77.5 Å². The van der Waals surface area contributed by atoms with Crippen molar-refractivity contribution in [2.45, 2.75) is 12.5 Å². The number of halogens is 1. The molecule has 0 radical (unpaired) electrons. The van der Waals surface area contributed by atoms with Gasteiger partial charge in [0.2, 0.25) is 0 Å². The number of rotatable bonds is 5. The molecule has 2 aromatic carbocycles. The maximum atomic E-state index is 12.3. The molecule has 8 heteroatoms. The molecule has 0 saturated heterocycles. The van der Waals surface area contributed by atoms with Crippen LogP contribution in [0.5, 0.6) is 5.75 Å². The summed E-state index contributed by atoms with van der Waals surface area (Å²) in [6, 6.07) is 14.6. The molecule has 6 nitrogen and oxygen atoms in total. The Labute approximate surface area is 176 Å². The molecule has 3 aromatic rings. The predicted octanol–water partition coefficient (Wildman–Crippen LogP) is 4.26. The van der Waals surface area contributed by atoms with Gasteiger partial charge in [0.1, 0.15) is 10.8 Å². The molecule has 1 atom stereocenters. The number of nitrogens with one attached hydrogen (secondary N) is 1. The first-order valence-corrected chi connectivity index (χ1v) is 10.3. The standard InChI is InChI=1S/C21H17ClN2O4S/c22-14-7-5-13(6-8-14)20-24-17(12-29-20)21(26)28-11-19(25)23-16-9-10-27-18-4-2-1-3-15(16)18/h1-8,12,16H,9-11H2,(H,23,25). The summed E-state index contributed by atoms with van der Waals surface area (Å²) in [5, 5.41) is 5.81. The number of ether oxygens (including phenoxy) is 2. The van der Waals surface area contributed by atoms with E-state index in [0.717, 1.165) is 16.9 Å². The van der Waals surface area contributed by atoms with Crippen LogP contribution in [0.1, 0.15) is 28.5 Å². The number of para-hydroxylation sites is 1. The molecule has 0 fully saturated rings. The number of fused-ring (bicyclic) bond motifs is 1. The van der Waals surface area contributed by atoms with Crippen molar-refractivity contribution in [2.24, 2.45) is 0 Å². The summed E-state index contributed by atoms with van der Waals surface area (Å²) >= 11 is 7.21. The molecule has 1 aliphatic rings. The van der Waals surface area contributed by atoms with Crippen molar-refractivity contribution in [2.75, 3.05) is 13.2 Å². The van der Waals surface area contributed by atoms with E-state index in [4.69, 9.17) is 21.1 Å². The van der Waals surface area contributed by atoms with Gasteiger partial charge in [-0.25, -0.2) is 9.78 Å². The van der Waals surface area contributed by atoms with E-state index in [1.807, 2.05) is 36.4 Å². The molecular formula is C21H17ClN2O4S. The summed E-state index contributed by atoms with van der Waals surface area (Å²) in [6.45, 7) is 0.153. The van der Waals surface area contributed by atoms with Crippen molar-refractivity contribution in [1.82, 2.24) is 10.3 Å². The minimum atomic E-state index is -0.635. The van der Waals surface area contributed by atoms with E-state index < -0.39 is 5.97 Å². The van der Waals surface area contributed by atoms with Gasteiger partial charge in [0, 0.05) is 28.0 Å². The number of carbonyl (C=O) groups excluding carboxylic acids is 2. The van der Waals surface area contributed by atoms with Crippen LogP contribution in [-0.4, -0.2) is 30.1 Å². The van der Waals surface area contributed by atoms with Gasteiger partial charge in [0.15, 0.2) is 12.3 Å². The van der Waals surface area contributed by atoms with Crippen LogP contribution in [0, 0.1) is 0 Å². The third-order valence-corrected chi connectivity index (χ3v) is 5.58. The summed E-state index contributed by atoms with van der Waals surface area (Å²) in [5.74, 6) is -0.240. The fourth-order valence-corrected chi connectivity index (χ4v) is 3.95. The number of aromatic nitrogens is 1. The maximum Gasteiger partial charge on any atom is 0.358 e. The second-order valence-corrected chi connectivity index (χ2v) is 7.71. The van der Waals surface area contributed by atoms with Gasteiger partial charge < -0.3 is 14.8 Å². The van der Waals surface area contributed by atoms with Crippen LogP contribution in [0.25, 0.3) is 10.6 Å². The second kappa shape index (κ2) is 8.63. The minimum Gasteiger partial charge on any atom is -0.493 e. The van der Waals surface area contributed by atoms with Crippen molar-refractivity contribution >= 4 is 34.8 Å². The van der Waals surface area contributed by atoms with E-state index in [1.165, 1.54) is 11.3 Å². The van der Waals surface area contributed by atoms with Gasteiger partial charge in [-0.05, 0) is 18.2 Å². The number of nitrogens with zero attached hydrogens (tertiary/aromatic N) is 1. The number of thiazole rings is 1. The lowest BCUT2D eigenvalue weighted by Crippen LogP contribution is -2.35. The highest BCUT2D eigenvalue weighted by Crippen LogP contribution is 2.31. The number of hydrogen-bond acceptors (Lipinski definition) is 6. The molecule has 29 heavy (non-hydrogen) atoms. The molecule has 1 aromatic heterocycles. The second-order valence-electron chi connectivity index (χ2n) is 6.42. The van der Waals surface area contributed by atoms with Crippen LogP contribution < -0.4 is 10.1 Å². The van der Waals surface area contributed by atoms with Crippen molar-refractivity contribution in [1.29, 1.82) is 0 Å². The Hall–Kier alpha value is -2.90. The van der Waals surface area contributed by atoms with Gasteiger partial charge in [-0.3, -0.25) is 4.79 Å². The third-order valence-electron chi connectivity index (χ3n) is 4.43. The van der Waals surface area contributed by atoms with Gasteiger partial charge in [-0.15, -0.1) is 11.3 Å². The zero-order valence-electron chi connectivity index (χ0n) is 15.3. The Bertz CT molecular complexity index is 1040. The lowest BCUT2D eigenvalue weighted by Gasteiger charge is -2.26. The smallest absolute Gasteiger partial charge is 0.358 e. The lowest BCUT2D eigenvalue weighted by molar-refractivity contribution is -0.125. The van der Waals surface area contributed by atoms with Crippen LogP contribution in [-0.2, 0) is 9.53 Å². The molecule has 4 rings (SSSR count). The summed E-state index contributed by atoms with van der Waals surface area (Å²) in [4.78, 5) is 28.8. The highest BCUT2D eigenvalue weighted by atomic mass is 35.5. The number of esters is 1. The maximum absolute atomic E-state index is 12.3. The van der Waals surface area contributed by atoms with Crippen LogP contribution in [0.2, 0.25) is 5.02 Å². The Balaban J connectivity index is 1.33. The van der Waals surface area contributed by atoms with E-state index in [2.05, 4.69) is 10.3 Å². The average Bonchev–Trinajstić information content (AvgIpc) is 3.23. The highest BCUT2D eigenvalue weighted by molar-refractivity contribution is 7.13. The average molecular weight is 429 g/mol. The van der Waals surface area contributed by atoms with Gasteiger partial charge in [0.25, 0.3) is 5.91 Å². The molecular weight excluding hydrogens is 412 g/mol. The minimum absolute atomic E-state index is 0.165. The zero-order chi connectivity index (χ0) is 20.2. The van der Waals surface area contributed by atoms with Crippen molar-refractivity contribution in [3.8, 4) is 16.3 Å². The van der Waals surface area contributed by atoms with Gasteiger partial charge >= 0.3 is 5.97 Å². The summed E-state index contributed by atoms with van der Waals surface area (Å²) in [5.41, 5.74) is 1.95. The number of hydrogen-bond donors (Lipinski definition) is 1. The highest BCUT2D eigenvalue weighted by Gasteiger charge is 2.23. The van der Waals surface area contributed by atoms with E-state index in [-0.39, 0.29) is 24.2 Å². The summed E-state index contributed by atoms with van der Waals surface area (Å²) in [7, 11) is 0. The van der Waals surface area contributed by atoms with E-state index in [0.29, 0.717) is 23.1 Å². The molecule has 0 saturated carbocycles. The first-order chi connectivity index (χ1) is 14.1. The van der Waals surface area contributed by atoms with Gasteiger partial charge in [0.05, 0.1) is 12.6 Å². The van der Waals surface area contributed by atoms with Crippen molar-refractivity contribution in [3.63, 3.8) is 0 Å². The Morgan fingerprint density at radius 2 is 2.00 bits per heavy atom. The van der Waals surface area contributed by atoms with Crippen LogP contribution in [0.15, 0.2) is 53.9 Å². The monoisotopic (exact) mass is 428 g/mol. The Morgan fingerprint density at radius 3 is 2.83 bits per heavy atom. The first kappa shape index (κ1) is 19.4. The molecule has 0 aliphatic carbocycles. The SMILES string of the molecule is O=C(COC(=O)c1csc(-c2ccc(Cl)cc2)n1)NC1CCOc2ccccc21. The number of carbonyl (C=O) groups is 2. The predicted molar refractivity (Wildman–Crippen MR) is 110 cm³/mol. The first-order valence-electron chi connectivity index (χ1n) is 9.00. The molecule has 148 valence electrons. The molecule has 2 heterocycles. The quantitative estimate of drug-likeness (QED) is 0.614. The molecule has 1 unspecified atom stereocenters. The largest absolute Gasteiger partial charge is 0.493 e. The molecule has 1 N–H and O–H groups in total. The van der Waals surface area contributed by atoms with E-state index in [1.54, 1.807) is 17.5 Å².